The summed E-state index contributed by atoms with van der Waals surface area (Å²) in [6.07, 6.45) is -4.78. The fourth-order valence-electron chi connectivity index (χ4n) is 1.61. The lowest BCUT2D eigenvalue weighted by Crippen LogP contribution is -2.09. The van der Waals surface area contributed by atoms with Crippen LogP contribution in [-0.4, -0.2) is 9.97 Å². The first-order valence-electron chi connectivity index (χ1n) is 5.83. The largest absolute Gasteiger partial charge is 0.419 e. The average Bonchev–Trinajstić information content (AvgIpc) is 2.37. The van der Waals surface area contributed by atoms with Crippen LogP contribution >= 0.6 is 11.6 Å². The van der Waals surface area contributed by atoms with E-state index in [1.54, 1.807) is 13.8 Å². The van der Waals surface area contributed by atoms with Gasteiger partial charge in [-0.3, -0.25) is 0 Å². The summed E-state index contributed by atoms with van der Waals surface area (Å²) in [7, 11) is 0. The predicted molar refractivity (Wildman–Crippen MR) is 71.2 cm³/mol. The van der Waals surface area contributed by atoms with Crippen LogP contribution in [0.15, 0.2) is 18.2 Å². The Bertz CT molecular complexity index is 686. The van der Waals surface area contributed by atoms with E-state index in [-0.39, 0.29) is 16.7 Å². The molecule has 2 aromatic rings. The highest BCUT2D eigenvalue weighted by atomic mass is 35.5. The zero-order valence-electron chi connectivity index (χ0n) is 11.0. The maximum Gasteiger partial charge on any atom is 0.419 e. The monoisotopic (exact) mass is 319 g/mol. The standard InChI is InChI=1S/C13H10ClF4N3/c1-6-7(2)20-12(11(14)19-6)21-8-3-4-10(15)9(5-8)13(16,17)18/h3-5H,1-2H3,(H,20,21). The Kier molecular flexibility index (Phi) is 4.04. The highest BCUT2D eigenvalue weighted by Crippen LogP contribution is 2.34. The van der Waals surface area contributed by atoms with Crippen molar-refractivity contribution in [2.75, 3.05) is 5.32 Å². The number of nitrogens with one attached hydrogen (secondary N) is 1. The Hall–Kier alpha value is -1.89. The summed E-state index contributed by atoms with van der Waals surface area (Å²) in [4.78, 5) is 8.10. The Morgan fingerprint density at radius 2 is 1.71 bits per heavy atom. The van der Waals surface area contributed by atoms with E-state index < -0.39 is 17.6 Å². The molecule has 0 fully saturated rings. The van der Waals surface area contributed by atoms with Gasteiger partial charge in [-0.25, -0.2) is 14.4 Å². The molecular weight excluding hydrogens is 310 g/mol. The third-order valence-corrected chi connectivity index (χ3v) is 3.06. The second-order valence-electron chi connectivity index (χ2n) is 4.35. The Balaban J connectivity index is 2.39. The van der Waals surface area contributed by atoms with E-state index in [0.717, 1.165) is 12.1 Å². The summed E-state index contributed by atoms with van der Waals surface area (Å²) in [5.74, 6) is -1.23. The number of halogens is 5. The molecule has 0 unspecified atom stereocenters. The molecule has 0 radical (unpaired) electrons. The van der Waals surface area contributed by atoms with Crippen LogP contribution in [0.1, 0.15) is 17.0 Å². The van der Waals surface area contributed by atoms with Crippen molar-refractivity contribution in [2.45, 2.75) is 20.0 Å². The molecule has 3 nitrogen and oxygen atoms in total. The normalized spacial score (nSPS) is 11.6. The molecule has 0 aliphatic rings. The van der Waals surface area contributed by atoms with Gasteiger partial charge < -0.3 is 5.32 Å². The Labute approximate surface area is 123 Å². The van der Waals surface area contributed by atoms with Crippen LogP contribution in [-0.2, 0) is 6.18 Å². The van der Waals surface area contributed by atoms with Crippen LogP contribution < -0.4 is 5.32 Å². The SMILES string of the molecule is Cc1nc(Cl)c(Nc2ccc(F)c(C(F)(F)F)c2)nc1C. The van der Waals surface area contributed by atoms with Gasteiger partial charge in [0.1, 0.15) is 5.82 Å². The minimum Gasteiger partial charge on any atom is -0.338 e. The van der Waals surface area contributed by atoms with Crippen LogP contribution in [0.2, 0.25) is 5.15 Å². The molecule has 1 aromatic heterocycles. The van der Waals surface area contributed by atoms with Gasteiger partial charge in [-0.2, -0.15) is 13.2 Å². The quantitative estimate of drug-likeness (QED) is 0.819. The zero-order chi connectivity index (χ0) is 15.8. The molecule has 0 bridgehead atoms. The van der Waals surface area contributed by atoms with Gasteiger partial charge in [-0.15, -0.1) is 0 Å². The average molecular weight is 320 g/mol. The molecule has 8 heteroatoms. The molecule has 0 saturated carbocycles. The fraction of sp³-hybridized carbons (Fsp3) is 0.231. The molecule has 0 spiro atoms. The molecule has 1 aromatic carbocycles. The van der Waals surface area contributed by atoms with Gasteiger partial charge >= 0.3 is 6.18 Å². The van der Waals surface area contributed by atoms with E-state index in [1.165, 1.54) is 0 Å². The molecular formula is C13H10ClF4N3. The number of anilines is 2. The number of aromatic nitrogens is 2. The molecule has 0 saturated heterocycles. The van der Waals surface area contributed by atoms with E-state index >= 15 is 0 Å². The summed E-state index contributed by atoms with van der Waals surface area (Å²) < 4.78 is 51.1. The van der Waals surface area contributed by atoms with Gasteiger partial charge in [-0.05, 0) is 32.0 Å². The maximum atomic E-state index is 13.2. The maximum absolute atomic E-state index is 13.2. The van der Waals surface area contributed by atoms with E-state index in [2.05, 4.69) is 15.3 Å². The van der Waals surface area contributed by atoms with Crippen molar-refractivity contribution in [1.82, 2.24) is 9.97 Å². The number of rotatable bonds is 2. The first-order chi connectivity index (χ1) is 9.68. The van der Waals surface area contributed by atoms with Crippen molar-refractivity contribution in [3.05, 3.63) is 46.1 Å². The fourth-order valence-corrected chi connectivity index (χ4v) is 1.83. The molecule has 0 amide bonds. The third-order valence-electron chi connectivity index (χ3n) is 2.80. The first-order valence-corrected chi connectivity index (χ1v) is 6.21. The van der Waals surface area contributed by atoms with Crippen molar-refractivity contribution >= 4 is 23.1 Å². The van der Waals surface area contributed by atoms with E-state index in [4.69, 9.17) is 11.6 Å². The lowest BCUT2D eigenvalue weighted by Gasteiger charge is -2.12. The van der Waals surface area contributed by atoms with Crippen molar-refractivity contribution in [3.63, 3.8) is 0 Å². The molecule has 2 rings (SSSR count). The van der Waals surface area contributed by atoms with Crippen molar-refractivity contribution < 1.29 is 17.6 Å². The number of aryl methyl sites for hydroxylation is 2. The summed E-state index contributed by atoms with van der Waals surface area (Å²) in [5, 5.41) is 2.63. The first kappa shape index (κ1) is 15.5. The predicted octanol–water partition coefficient (Wildman–Crippen LogP) is 4.65. The molecule has 0 atom stereocenters. The van der Waals surface area contributed by atoms with Gasteiger partial charge in [0.25, 0.3) is 0 Å². The minimum atomic E-state index is -4.78. The van der Waals surface area contributed by atoms with Crippen LogP contribution in [0.5, 0.6) is 0 Å². The van der Waals surface area contributed by atoms with Crippen LogP contribution in [0.4, 0.5) is 29.1 Å². The van der Waals surface area contributed by atoms with Crippen molar-refractivity contribution in [2.24, 2.45) is 0 Å². The highest BCUT2D eigenvalue weighted by Gasteiger charge is 2.34. The van der Waals surface area contributed by atoms with Gasteiger partial charge in [0.15, 0.2) is 11.0 Å². The summed E-state index contributed by atoms with van der Waals surface area (Å²) in [6.45, 7) is 3.40. The zero-order valence-corrected chi connectivity index (χ0v) is 11.8. The van der Waals surface area contributed by atoms with E-state index in [1.807, 2.05) is 0 Å². The number of hydrogen-bond donors (Lipinski definition) is 1. The second kappa shape index (κ2) is 5.48. The third kappa shape index (κ3) is 3.41. The molecule has 1 heterocycles. The Morgan fingerprint density at radius 3 is 2.33 bits per heavy atom. The highest BCUT2D eigenvalue weighted by molar-refractivity contribution is 6.31. The number of alkyl halides is 3. The Morgan fingerprint density at radius 1 is 1.10 bits per heavy atom. The smallest absolute Gasteiger partial charge is 0.338 e. The topological polar surface area (TPSA) is 37.8 Å². The number of benzene rings is 1. The van der Waals surface area contributed by atoms with Gasteiger partial charge in [0.05, 0.1) is 17.0 Å². The number of hydrogen-bond acceptors (Lipinski definition) is 3. The lowest BCUT2D eigenvalue weighted by atomic mass is 10.2. The van der Waals surface area contributed by atoms with E-state index in [9.17, 15) is 17.6 Å². The van der Waals surface area contributed by atoms with Crippen LogP contribution in [0, 0.1) is 19.7 Å². The van der Waals surface area contributed by atoms with Gasteiger partial charge in [0, 0.05) is 5.69 Å². The molecule has 1 N–H and O–H groups in total. The summed E-state index contributed by atoms with van der Waals surface area (Å²) in [6, 6.07) is 2.55. The van der Waals surface area contributed by atoms with Gasteiger partial charge in [-0.1, -0.05) is 11.6 Å². The van der Waals surface area contributed by atoms with Gasteiger partial charge in [0.2, 0.25) is 0 Å². The number of nitrogens with zero attached hydrogens (tertiary/aromatic N) is 2. The van der Waals surface area contributed by atoms with E-state index in [0.29, 0.717) is 17.5 Å². The molecule has 0 aliphatic heterocycles. The van der Waals surface area contributed by atoms with Crippen LogP contribution in [0.3, 0.4) is 0 Å². The van der Waals surface area contributed by atoms with Crippen LogP contribution in [0.25, 0.3) is 0 Å². The summed E-state index contributed by atoms with van der Waals surface area (Å²) in [5.41, 5.74) is -0.149. The molecule has 112 valence electrons. The minimum absolute atomic E-state index is 0.0168. The summed E-state index contributed by atoms with van der Waals surface area (Å²) >= 11 is 5.88. The molecule has 0 aliphatic carbocycles. The van der Waals surface area contributed by atoms with Crippen molar-refractivity contribution in [3.8, 4) is 0 Å². The lowest BCUT2D eigenvalue weighted by molar-refractivity contribution is -0.139. The second-order valence-corrected chi connectivity index (χ2v) is 4.71. The molecule has 21 heavy (non-hydrogen) atoms. The van der Waals surface area contributed by atoms with Crippen molar-refractivity contribution in [1.29, 1.82) is 0 Å².